The normalized spacial score (nSPS) is 21.1. The van der Waals surface area contributed by atoms with Crippen LogP contribution in [0.1, 0.15) is 24.1 Å². The zero-order valence-corrected chi connectivity index (χ0v) is 19.4. The van der Waals surface area contributed by atoms with Crippen LogP contribution in [0.5, 0.6) is 5.75 Å². The lowest BCUT2D eigenvalue weighted by molar-refractivity contribution is -0.113. The van der Waals surface area contributed by atoms with E-state index in [0.29, 0.717) is 25.0 Å². The number of benzene rings is 2. The van der Waals surface area contributed by atoms with Crippen molar-refractivity contribution in [2.45, 2.75) is 49.4 Å². The molecule has 3 aromatic rings. The molecule has 2 aromatic carbocycles. The van der Waals surface area contributed by atoms with Crippen LogP contribution in [0.4, 0.5) is 0 Å². The van der Waals surface area contributed by atoms with Crippen LogP contribution in [-0.2, 0) is 21.2 Å². The first-order valence-corrected chi connectivity index (χ1v) is 12.3. The standard InChI is InChI=1S/C24H28N2O6S/c1-16-3-10-21(11-4-16)33(28,29)25-15-24-22(27)12-9-20(31-24)13-18-14-23(32-26-18)17-5-7-19(30-2)8-6-17/h3-8,10-11,14,20,22,24-25,27H,9,12-13,15H2,1-2H3/t20-,22-,24+/m0/s1. The van der Waals surface area contributed by atoms with Gasteiger partial charge in [-0.05, 0) is 56.2 Å². The van der Waals surface area contributed by atoms with Gasteiger partial charge in [0.2, 0.25) is 10.0 Å². The van der Waals surface area contributed by atoms with E-state index in [4.69, 9.17) is 14.0 Å². The van der Waals surface area contributed by atoms with Gasteiger partial charge in [0.1, 0.15) is 5.75 Å². The molecule has 0 unspecified atom stereocenters. The Bertz CT molecular complexity index is 1160. The minimum atomic E-state index is -3.69. The fourth-order valence-corrected chi connectivity index (χ4v) is 4.85. The van der Waals surface area contributed by atoms with Gasteiger partial charge in [-0.25, -0.2) is 13.1 Å². The molecule has 9 heteroatoms. The number of aliphatic hydroxyl groups excluding tert-OH is 1. The summed E-state index contributed by atoms with van der Waals surface area (Å²) in [5.41, 5.74) is 2.60. The molecule has 0 radical (unpaired) electrons. The highest BCUT2D eigenvalue weighted by atomic mass is 32.2. The van der Waals surface area contributed by atoms with Crippen LogP contribution in [0.3, 0.4) is 0 Å². The van der Waals surface area contributed by atoms with E-state index in [1.807, 2.05) is 37.3 Å². The first-order valence-electron chi connectivity index (χ1n) is 10.8. The maximum Gasteiger partial charge on any atom is 0.240 e. The predicted octanol–water partition coefficient (Wildman–Crippen LogP) is 3.09. The Kier molecular flexibility index (Phi) is 7.14. The highest BCUT2D eigenvalue weighted by molar-refractivity contribution is 7.89. The first-order chi connectivity index (χ1) is 15.8. The highest BCUT2D eigenvalue weighted by Gasteiger charge is 2.31. The summed E-state index contributed by atoms with van der Waals surface area (Å²) in [5.74, 6) is 1.41. The Morgan fingerprint density at radius 2 is 1.85 bits per heavy atom. The number of hydrogen-bond acceptors (Lipinski definition) is 7. The Labute approximate surface area is 193 Å². The van der Waals surface area contributed by atoms with Crippen LogP contribution in [0.15, 0.2) is 64.0 Å². The molecule has 1 aliphatic heterocycles. The second-order valence-corrected chi connectivity index (χ2v) is 9.99. The molecule has 33 heavy (non-hydrogen) atoms. The van der Waals surface area contributed by atoms with Gasteiger partial charge >= 0.3 is 0 Å². The fraction of sp³-hybridized carbons (Fsp3) is 0.375. The smallest absolute Gasteiger partial charge is 0.240 e. The molecule has 0 amide bonds. The second kappa shape index (κ2) is 10.0. The zero-order valence-electron chi connectivity index (χ0n) is 18.6. The Morgan fingerprint density at radius 3 is 2.55 bits per heavy atom. The second-order valence-electron chi connectivity index (χ2n) is 8.22. The average Bonchev–Trinajstić information content (AvgIpc) is 3.28. The number of ether oxygens (including phenoxy) is 2. The minimum absolute atomic E-state index is 0.0101. The molecule has 1 fully saturated rings. The summed E-state index contributed by atoms with van der Waals surface area (Å²) >= 11 is 0. The molecule has 0 bridgehead atoms. The summed E-state index contributed by atoms with van der Waals surface area (Å²) in [6, 6.07) is 16.0. The van der Waals surface area contributed by atoms with Gasteiger partial charge in [0.05, 0.1) is 36.0 Å². The van der Waals surface area contributed by atoms with Crippen molar-refractivity contribution in [3.05, 3.63) is 65.9 Å². The van der Waals surface area contributed by atoms with E-state index in [0.717, 1.165) is 22.6 Å². The Balaban J connectivity index is 1.35. The molecule has 2 heterocycles. The van der Waals surface area contributed by atoms with Gasteiger partial charge in [-0.2, -0.15) is 0 Å². The van der Waals surface area contributed by atoms with Gasteiger partial charge in [-0.1, -0.05) is 22.9 Å². The lowest BCUT2D eigenvalue weighted by atomic mass is 9.98. The topological polar surface area (TPSA) is 111 Å². The number of aryl methyl sites for hydroxylation is 1. The molecule has 3 atom stereocenters. The lowest BCUT2D eigenvalue weighted by Crippen LogP contribution is -2.46. The summed E-state index contributed by atoms with van der Waals surface area (Å²) in [6.07, 6.45) is 0.0908. The van der Waals surface area contributed by atoms with Crippen molar-refractivity contribution in [1.29, 1.82) is 0 Å². The summed E-state index contributed by atoms with van der Waals surface area (Å²) in [4.78, 5) is 0.184. The van der Waals surface area contributed by atoms with Crippen molar-refractivity contribution >= 4 is 10.0 Å². The average molecular weight is 473 g/mol. The first kappa shape index (κ1) is 23.4. The van der Waals surface area contributed by atoms with Crippen LogP contribution < -0.4 is 9.46 Å². The Hall–Kier alpha value is -2.72. The van der Waals surface area contributed by atoms with E-state index in [9.17, 15) is 13.5 Å². The number of aliphatic hydroxyl groups is 1. The molecule has 0 spiro atoms. The van der Waals surface area contributed by atoms with Crippen LogP contribution in [0.2, 0.25) is 0 Å². The number of hydrogen-bond donors (Lipinski definition) is 2. The zero-order chi connectivity index (χ0) is 23.4. The van der Waals surface area contributed by atoms with Crippen molar-refractivity contribution in [2.24, 2.45) is 0 Å². The summed E-state index contributed by atoms with van der Waals surface area (Å²) in [5, 5.41) is 14.5. The summed E-state index contributed by atoms with van der Waals surface area (Å²) < 4.78 is 44.4. The van der Waals surface area contributed by atoms with E-state index in [1.165, 1.54) is 0 Å². The van der Waals surface area contributed by atoms with E-state index in [1.54, 1.807) is 31.4 Å². The van der Waals surface area contributed by atoms with Crippen molar-refractivity contribution in [1.82, 2.24) is 9.88 Å². The molecule has 0 aliphatic carbocycles. The SMILES string of the molecule is COc1ccc(-c2cc(C[C@@H]3CC[C@H](O)[C@@H](CNS(=O)(=O)c4ccc(C)cc4)O3)no2)cc1. The number of aromatic nitrogens is 1. The van der Waals surface area contributed by atoms with Gasteiger partial charge in [0, 0.05) is 24.6 Å². The molecular weight excluding hydrogens is 444 g/mol. The number of nitrogens with one attached hydrogen (secondary N) is 1. The van der Waals surface area contributed by atoms with Gasteiger partial charge in [-0.3, -0.25) is 0 Å². The predicted molar refractivity (Wildman–Crippen MR) is 122 cm³/mol. The van der Waals surface area contributed by atoms with Gasteiger partial charge in [0.15, 0.2) is 5.76 Å². The van der Waals surface area contributed by atoms with Gasteiger partial charge in [0.25, 0.3) is 0 Å². The third-order valence-corrected chi connectivity index (χ3v) is 7.20. The van der Waals surface area contributed by atoms with Crippen molar-refractivity contribution in [3.63, 3.8) is 0 Å². The Morgan fingerprint density at radius 1 is 1.12 bits per heavy atom. The van der Waals surface area contributed by atoms with E-state index in [-0.39, 0.29) is 17.5 Å². The van der Waals surface area contributed by atoms with Gasteiger partial charge in [-0.15, -0.1) is 0 Å². The van der Waals surface area contributed by atoms with E-state index < -0.39 is 22.2 Å². The van der Waals surface area contributed by atoms with Crippen LogP contribution in [0, 0.1) is 6.92 Å². The molecule has 2 N–H and O–H groups in total. The molecule has 1 saturated heterocycles. The molecule has 4 rings (SSSR count). The maximum absolute atomic E-state index is 12.6. The van der Waals surface area contributed by atoms with Gasteiger partial charge < -0.3 is 19.1 Å². The van der Waals surface area contributed by atoms with Crippen molar-refractivity contribution in [3.8, 4) is 17.1 Å². The number of nitrogens with zero attached hydrogens (tertiary/aromatic N) is 1. The van der Waals surface area contributed by atoms with Crippen LogP contribution in [-0.4, -0.2) is 50.6 Å². The molecular formula is C24H28N2O6S. The lowest BCUT2D eigenvalue weighted by Gasteiger charge is -2.33. The number of rotatable bonds is 8. The fourth-order valence-electron chi connectivity index (χ4n) is 3.81. The maximum atomic E-state index is 12.6. The van der Waals surface area contributed by atoms with E-state index >= 15 is 0 Å². The summed E-state index contributed by atoms with van der Waals surface area (Å²) in [7, 11) is -2.07. The summed E-state index contributed by atoms with van der Waals surface area (Å²) in [6.45, 7) is 1.88. The van der Waals surface area contributed by atoms with Crippen molar-refractivity contribution in [2.75, 3.05) is 13.7 Å². The van der Waals surface area contributed by atoms with Crippen molar-refractivity contribution < 1.29 is 27.5 Å². The molecule has 176 valence electrons. The quantitative estimate of drug-likeness (QED) is 0.518. The van der Waals surface area contributed by atoms with E-state index in [2.05, 4.69) is 9.88 Å². The molecule has 1 aliphatic rings. The monoisotopic (exact) mass is 472 g/mol. The molecule has 1 aromatic heterocycles. The molecule has 8 nitrogen and oxygen atoms in total. The number of methoxy groups -OCH3 is 1. The molecule has 0 saturated carbocycles. The largest absolute Gasteiger partial charge is 0.497 e. The third kappa shape index (κ3) is 5.80. The third-order valence-electron chi connectivity index (χ3n) is 5.76. The van der Waals surface area contributed by atoms with Crippen LogP contribution >= 0.6 is 0 Å². The van der Waals surface area contributed by atoms with Crippen LogP contribution in [0.25, 0.3) is 11.3 Å². The number of sulfonamides is 1. The highest BCUT2D eigenvalue weighted by Crippen LogP contribution is 2.26. The minimum Gasteiger partial charge on any atom is -0.497 e.